The average molecular weight is 318 g/mol. The number of nitrogens with zero attached hydrogens (tertiary/aromatic N) is 2. The van der Waals surface area contributed by atoms with E-state index < -0.39 is 5.82 Å². The number of hydrogen-bond acceptors (Lipinski definition) is 4. The molecule has 0 aliphatic heterocycles. The van der Waals surface area contributed by atoms with Crippen LogP contribution in [0.5, 0.6) is 11.6 Å². The zero-order chi connectivity index (χ0) is 16.8. The third kappa shape index (κ3) is 3.97. The number of carbonyl (C=O) groups excluding carboxylic acids is 1. The number of hydrogen-bond donors (Lipinski definition) is 0. The van der Waals surface area contributed by atoms with Crippen LogP contribution in [-0.4, -0.2) is 36.6 Å². The van der Waals surface area contributed by atoms with Crippen molar-refractivity contribution in [3.63, 3.8) is 0 Å². The fraction of sp³-hybridized carbons (Fsp3) is 0.294. The summed E-state index contributed by atoms with van der Waals surface area (Å²) in [5.74, 6) is -0.258. The van der Waals surface area contributed by atoms with Crippen molar-refractivity contribution in [2.75, 3.05) is 20.8 Å². The van der Waals surface area contributed by atoms with Crippen LogP contribution in [0.25, 0.3) is 0 Å². The van der Waals surface area contributed by atoms with E-state index in [1.165, 1.54) is 30.2 Å². The van der Waals surface area contributed by atoms with Gasteiger partial charge in [0.25, 0.3) is 5.91 Å². The van der Waals surface area contributed by atoms with Gasteiger partial charge in [0.2, 0.25) is 5.88 Å². The second kappa shape index (κ2) is 7.58. The first-order valence-corrected chi connectivity index (χ1v) is 7.22. The highest BCUT2D eigenvalue weighted by Gasteiger charge is 2.16. The first-order chi connectivity index (χ1) is 11.1. The summed E-state index contributed by atoms with van der Waals surface area (Å²) in [4.78, 5) is 18.1. The lowest BCUT2D eigenvalue weighted by Gasteiger charge is -2.19. The maximum Gasteiger partial charge on any atom is 0.254 e. The number of pyridine rings is 1. The summed E-state index contributed by atoms with van der Waals surface area (Å²) in [6.45, 7) is 2.68. The summed E-state index contributed by atoms with van der Waals surface area (Å²) in [5.41, 5.74) is 1.05. The number of ether oxygens (including phenoxy) is 2. The zero-order valence-electron chi connectivity index (χ0n) is 13.4. The molecule has 0 radical (unpaired) electrons. The molecule has 2 aromatic rings. The van der Waals surface area contributed by atoms with Crippen molar-refractivity contribution < 1.29 is 18.7 Å². The molecule has 0 N–H and O–H groups in total. The Hall–Kier alpha value is -2.63. The topological polar surface area (TPSA) is 51.7 Å². The molecule has 2 rings (SSSR count). The van der Waals surface area contributed by atoms with Crippen molar-refractivity contribution in [2.45, 2.75) is 13.5 Å². The molecule has 0 aliphatic carbocycles. The molecule has 0 unspecified atom stereocenters. The predicted octanol–water partition coefficient (Wildman–Crippen LogP) is 2.90. The van der Waals surface area contributed by atoms with Crippen LogP contribution in [0.1, 0.15) is 22.8 Å². The number of benzene rings is 1. The maximum absolute atomic E-state index is 13.7. The molecule has 1 amide bonds. The monoisotopic (exact) mass is 318 g/mol. The lowest BCUT2D eigenvalue weighted by molar-refractivity contribution is 0.0783. The van der Waals surface area contributed by atoms with Crippen LogP contribution in [0.3, 0.4) is 0 Å². The van der Waals surface area contributed by atoms with Crippen molar-refractivity contribution in [3.8, 4) is 11.6 Å². The average Bonchev–Trinajstić information content (AvgIpc) is 2.56. The Kier molecular flexibility index (Phi) is 5.51. The summed E-state index contributed by atoms with van der Waals surface area (Å²) in [7, 11) is 3.02. The fourth-order valence-electron chi connectivity index (χ4n) is 2.16. The molecule has 0 fully saturated rings. The highest BCUT2D eigenvalue weighted by Crippen LogP contribution is 2.20. The molecule has 23 heavy (non-hydrogen) atoms. The van der Waals surface area contributed by atoms with Crippen LogP contribution in [0.4, 0.5) is 4.39 Å². The lowest BCUT2D eigenvalue weighted by Crippen LogP contribution is -2.26. The quantitative estimate of drug-likeness (QED) is 0.822. The van der Waals surface area contributed by atoms with Gasteiger partial charge in [0.15, 0.2) is 11.6 Å². The highest BCUT2D eigenvalue weighted by molar-refractivity contribution is 5.94. The van der Waals surface area contributed by atoms with E-state index in [0.29, 0.717) is 19.0 Å². The van der Waals surface area contributed by atoms with Crippen LogP contribution in [-0.2, 0) is 6.54 Å². The summed E-state index contributed by atoms with van der Waals surface area (Å²) < 4.78 is 24.0. The summed E-state index contributed by atoms with van der Waals surface area (Å²) in [6, 6.07) is 7.77. The normalized spacial score (nSPS) is 10.3. The zero-order valence-corrected chi connectivity index (χ0v) is 13.4. The van der Waals surface area contributed by atoms with E-state index in [9.17, 15) is 9.18 Å². The van der Waals surface area contributed by atoms with Gasteiger partial charge in [0.05, 0.1) is 20.3 Å². The molecule has 0 bridgehead atoms. The minimum atomic E-state index is -0.567. The Bertz CT molecular complexity index is 691. The van der Waals surface area contributed by atoms with Crippen LogP contribution >= 0.6 is 0 Å². The van der Waals surface area contributed by atoms with Crippen molar-refractivity contribution in [2.24, 2.45) is 0 Å². The van der Waals surface area contributed by atoms with Gasteiger partial charge >= 0.3 is 0 Å². The van der Waals surface area contributed by atoms with E-state index >= 15 is 0 Å². The van der Waals surface area contributed by atoms with Gasteiger partial charge < -0.3 is 14.4 Å². The summed E-state index contributed by atoms with van der Waals surface area (Å²) in [6.07, 6.45) is 1.63. The van der Waals surface area contributed by atoms with Gasteiger partial charge in [0.1, 0.15) is 0 Å². The third-order valence-electron chi connectivity index (χ3n) is 3.28. The smallest absolute Gasteiger partial charge is 0.254 e. The fourth-order valence-corrected chi connectivity index (χ4v) is 2.16. The van der Waals surface area contributed by atoms with E-state index in [1.54, 1.807) is 19.3 Å². The van der Waals surface area contributed by atoms with Crippen molar-refractivity contribution in [1.82, 2.24) is 9.88 Å². The van der Waals surface area contributed by atoms with Crippen molar-refractivity contribution in [3.05, 3.63) is 53.5 Å². The molecule has 6 heteroatoms. The molecule has 1 aromatic carbocycles. The largest absolute Gasteiger partial charge is 0.494 e. The van der Waals surface area contributed by atoms with Crippen molar-refractivity contribution in [1.29, 1.82) is 0 Å². The number of rotatable bonds is 6. The minimum absolute atomic E-state index is 0.107. The van der Waals surface area contributed by atoms with Crippen LogP contribution in [0.15, 0.2) is 36.5 Å². The molecule has 0 atom stereocenters. The van der Waals surface area contributed by atoms with Gasteiger partial charge in [-0.1, -0.05) is 6.07 Å². The summed E-state index contributed by atoms with van der Waals surface area (Å²) in [5, 5.41) is 0. The Morgan fingerprint density at radius 3 is 2.78 bits per heavy atom. The molecular formula is C17H19FN2O3. The standard InChI is InChI=1S/C17H19FN2O3/c1-4-23-16-13(6-5-9-19-16)11-20(2)17(21)12-7-8-15(22-3)14(18)10-12/h5-10H,4,11H2,1-3H3. The Balaban J connectivity index is 2.16. The third-order valence-corrected chi connectivity index (χ3v) is 3.28. The molecule has 122 valence electrons. The van der Waals surface area contributed by atoms with E-state index in [0.717, 1.165) is 5.56 Å². The molecule has 5 nitrogen and oxygen atoms in total. The SMILES string of the molecule is CCOc1ncccc1CN(C)C(=O)c1ccc(OC)c(F)c1. The van der Waals surface area contributed by atoms with Crippen LogP contribution in [0.2, 0.25) is 0 Å². The molecule has 0 aliphatic rings. The Morgan fingerprint density at radius 2 is 2.13 bits per heavy atom. The lowest BCUT2D eigenvalue weighted by atomic mass is 10.1. The molecule has 1 aromatic heterocycles. The van der Waals surface area contributed by atoms with E-state index in [1.807, 2.05) is 13.0 Å². The second-order valence-electron chi connectivity index (χ2n) is 4.91. The number of aromatic nitrogens is 1. The highest BCUT2D eigenvalue weighted by atomic mass is 19.1. The molecular weight excluding hydrogens is 299 g/mol. The second-order valence-corrected chi connectivity index (χ2v) is 4.91. The Morgan fingerprint density at radius 1 is 1.35 bits per heavy atom. The first kappa shape index (κ1) is 16.7. The summed E-state index contributed by atoms with van der Waals surface area (Å²) >= 11 is 0. The molecule has 0 saturated carbocycles. The van der Waals surface area contributed by atoms with E-state index in [2.05, 4.69) is 4.98 Å². The van der Waals surface area contributed by atoms with E-state index in [4.69, 9.17) is 9.47 Å². The molecule has 0 saturated heterocycles. The van der Waals surface area contributed by atoms with Gasteiger partial charge in [-0.25, -0.2) is 9.37 Å². The number of methoxy groups -OCH3 is 1. The van der Waals surface area contributed by atoms with Crippen LogP contribution < -0.4 is 9.47 Å². The predicted molar refractivity (Wildman–Crippen MR) is 84.2 cm³/mol. The van der Waals surface area contributed by atoms with Gasteiger partial charge in [-0.05, 0) is 31.2 Å². The van der Waals surface area contributed by atoms with Crippen LogP contribution in [0, 0.1) is 5.82 Å². The number of amides is 1. The van der Waals surface area contributed by atoms with Gasteiger partial charge in [-0.3, -0.25) is 4.79 Å². The Labute approximate surface area is 134 Å². The first-order valence-electron chi connectivity index (χ1n) is 7.22. The van der Waals surface area contributed by atoms with Crippen molar-refractivity contribution >= 4 is 5.91 Å². The number of carbonyl (C=O) groups is 1. The van der Waals surface area contributed by atoms with Gasteiger partial charge in [-0.15, -0.1) is 0 Å². The van der Waals surface area contributed by atoms with E-state index in [-0.39, 0.29) is 17.2 Å². The molecule has 1 heterocycles. The number of halogens is 1. The minimum Gasteiger partial charge on any atom is -0.494 e. The maximum atomic E-state index is 13.7. The van der Waals surface area contributed by atoms with Gasteiger partial charge in [-0.2, -0.15) is 0 Å². The van der Waals surface area contributed by atoms with Gasteiger partial charge in [0, 0.05) is 24.4 Å². The molecule has 0 spiro atoms.